The van der Waals surface area contributed by atoms with Crippen LogP contribution >= 0.6 is 0 Å². The van der Waals surface area contributed by atoms with Crippen molar-refractivity contribution in [2.75, 3.05) is 13.1 Å². The highest BCUT2D eigenvalue weighted by Crippen LogP contribution is 2.37. The number of likely N-dealkylation sites (tertiary alicyclic amines) is 1. The quantitative estimate of drug-likeness (QED) is 0.929. The van der Waals surface area contributed by atoms with Gasteiger partial charge in [0.2, 0.25) is 0 Å². The summed E-state index contributed by atoms with van der Waals surface area (Å²) < 4.78 is 5.94. The number of benzene rings is 2. The predicted molar refractivity (Wildman–Crippen MR) is 95.7 cm³/mol. The summed E-state index contributed by atoms with van der Waals surface area (Å²) >= 11 is 0. The lowest BCUT2D eigenvalue weighted by Crippen LogP contribution is -2.29. The Morgan fingerprint density at radius 1 is 0.960 bits per heavy atom. The maximum absolute atomic E-state index is 13.1. The highest BCUT2D eigenvalue weighted by atomic mass is 16.5. The fourth-order valence-electron chi connectivity index (χ4n) is 4.09. The van der Waals surface area contributed by atoms with Gasteiger partial charge in [0.15, 0.2) is 0 Å². The van der Waals surface area contributed by atoms with Crippen molar-refractivity contribution >= 4 is 5.91 Å². The van der Waals surface area contributed by atoms with Crippen LogP contribution in [0.2, 0.25) is 0 Å². The summed E-state index contributed by atoms with van der Waals surface area (Å²) in [6.45, 7) is 1.52. The zero-order valence-electron chi connectivity index (χ0n) is 14.2. The number of hydrogen-bond donors (Lipinski definition) is 1. The van der Waals surface area contributed by atoms with Gasteiger partial charge in [-0.3, -0.25) is 4.79 Å². The molecule has 4 nitrogen and oxygen atoms in total. The average Bonchev–Trinajstić information content (AvgIpc) is 3.05. The fourth-order valence-corrected chi connectivity index (χ4v) is 4.09. The summed E-state index contributed by atoms with van der Waals surface area (Å²) in [5.41, 5.74) is 0.602. The van der Waals surface area contributed by atoms with Crippen molar-refractivity contribution in [3.63, 3.8) is 0 Å². The van der Waals surface area contributed by atoms with Crippen LogP contribution in [0.25, 0.3) is 0 Å². The van der Waals surface area contributed by atoms with Gasteiger partial charge in [0.1, 0.15) is 11.5 Å². The summed E-state index contributed by atoms with van der Waals surface area (Å²) in [7, 11) is 0. The maximum atomic E-state index is 13.1. The van der Waals surface area contributed by atoms with Gasteiger partial charge in [0.05, 0.1) is 11.7 Å². The summed E-state index contributed by atoms with van der Waals surface area (Å²) in [4.78, 5) is 15.0. The number of nitrogens with zero attached hydrogens (tertiary/aromatic N) is 1. The number of amides is 1. The SMILES string of the molecule is O=C(c1ccccc1Oc1ccccc1)N1CC2CCC(O)CC2C1. The fraction of sp³-hybridized carbons (Fsp3) is 0.381. The third-order valence-corrected chi connectivity index (χ3v) is 5.40. The molecule has 0 aromatic heterocycles. The molecule has 0 radical (unpaired) electrons. The predicted octanol–water partition coefficient (Wildman–Crippen LogP) is 3.71. The molecule has 1 heterocycles. The summed E-state index contributed by atoms with van der Waals surface area (Å²) in [5, 5.41) is 9.88. The molecule has 2 fully saturated rings. The Labute approximate surface area is 148 Å². The normalized spacial score (nSPS) is 25.5. The van der Waals surface area contributed by atoms with Crippen LogP contribution in [0.15, 0.2) is 54.6 Å². The standard InChI is InChI=1S/C21H23NO3/c23-17-11-10-15-13-22(14-16(15)12-17)21(24)19-8-4-5-9-20(19)25-18-6-2-1-3-7-18/h1-9,15-17,23H,10-14H2. The van der Waals surface area contributed by atoms with Crippen molar-refractivity contribution in [2.24, 2.45) is 11.8 Å². The second-order valence-electron chi connectivity index (χ2n) is 7.11. The van der Waals surface area contributed by atoms with Crippen LogP contribution in [0.5, 0.6) is 11.5 Å². The van der Waals surface area contributed by atoms with E-state index < -0.39 is 0 Å². The molecule has 0 bridgehead atoms. The van der Waals surface area contributed by atoms with Gasteiger partial charge in [-0.2, -0.15) is 0 Å². The molecule has 2 aliphatic rings. The van der Waals surface area contributed by atoms with Crippen LogP contribution in [0.3, 0.4) is 0 Å². The zero-order chi connectivity index (χ0) is 17.2. The van der Waals surface area contributed by atoms with Crippen LogP contribution in [-0.2, 0) is 0 Å². The molecule has 1 saturated carbocycles. The molecule has 1 aliphatic carbocycles. The third kappa shape index (κ3) is 3.40. The van der Waals surface area contributed by atoms with Crippen LogP contribution in [0, 0.1) is 11.8 Å². The molecule has 4 rings (SSSR count). The Bertz CT molecular complexity index is 746. The third-order valence-electron chi connectivity index (χ3n) is 5.40. The van der Waals surface area contributed by atoms with Crippen molar-refractivity contribution in [1.29, 1.82) is 0 Å². The number of fused-ring (bicyclic) bond motifs is 1. The molecule has 1 N–H and O–H groups in total. The van der Waals surface area contributed by atoms with Crippen LogP contribution in [-0.4, -0.2) is 35.1 Å². The van der Waals surface area contributed by atoms with Crippen LogP contribution < -0.4 is 4.74 Å². The molecule has 1 saturated heterocycles. The molecule has 1 amide bonds. The van der Waals surface area contributed by atoms with Gasteiger partial charge in [-0.05, 0) is 55.4 Å². The van der Waals surface area contributed by atoms with E-state index >= 15 is 0 Å². The zero-order valence-corrected chi connectivity index (χ0v) is 14.2. The van der Waals surface area contributed by atoms with E-state index in [2.05, 4.69) is 0 Å². The Morgan fingerprint density at radius 3 is 2.52 bits per heavy atom. The minimum atomic E-state index is -0.204. The van der Waals surface area contributed by atoms with Crippen molar-refractivity contribution in [3.8, 4) is 11.5 Å². The highest BCUT2D eigenvalue weighted by molar-refractivity contribution is 5.97. The minimum Gasteiger partial charge on any atom is -0.457 e. The first-order chi connectivity index (χ1) is 12.2. The Hall–Kier alpha value is -2.33. The molecule has 3 atom stereocenters. The molecular weight excluding hydrogens is 314 g/mol. The lowest BCUT2D eigenvalue weighted by atomic mass is 9.80. The number of para-hydroxylation sites is 2. The first-order valence-electron chi connectivity index (χ1n) is 9.00. The monoisotopic (exact) mass is 337 g/mol. The van der Waals surface area contributed by atoms with E-state index in [1.807, 2.05) is 59.5 Å². The number of carbonyl (C=O) groups is 1. The molecule has 25 heavy (non-hydrogen) atoms. The van der Waals surface area contributed by atoms with E-state index in [9.17, 15) is 9.90 Å². The summed E-state index contributed by atoms with van der Waals surface area (Å²) in [5.74, 6) is 2.29. The van der Waals surface area contributed by atoms with E-state index in [0.717, 1.165) is 38.1 Å². The topological polar surface area (TPSA) is 49.8 Å². The molecule has 2 aromatic carbocycles. The van der Waals surface area contributed by atoms with Crippen molar-refractivity contribution < 1.29 is 14.6 Å². The number of aliphatic hydroxyl groups excluding tert-OH is 1. The van der Waals surface area contributed by atoms with Gasteiger partial charge in [-0.1, -0.05) is 30.3 Å². The van der Waals surface area contributed by atoms with E-state index in [1.165, 1.54) is 0 Å². The first-order valence-corrected chi connectivity index (χ1v) is 9.00. The van der Waals surface area contributed by atoms with Gasteiger partial charge in [-0.15, -0.1) is 0 Å². The number of carbonyl (C=O) groups excluding carboxylic acids is 1. The second kappa shape index (κ2) is 6.89. The molecule has 0 spiro atoms. The number of hydrogen-bond acceptors (Lipinski definition) is 3. The van der Waals surface area contributed by atoms with E-state index in [-0.39, 0.29) is 12.0 Å². The molecule has 2 aromatic rings. The maximum Gasteiger partial charge on any atom is 0.257 e. The number of rotatable bonds is 3. The molecule has 4 heteroatoms. The number of aliphatic hydroxyl groups is 1. The Kier molecular flexibility index (Phi) is 4.45. The van der Waals surface area contributed by atoms with Crippen LogP contribution in [0.4, 0.5) is 0 Å². The van der Waals surface area contributed by atoms with Gasteiger partial charge in [-0.25, -0.2) is 0 Å². The highest BCUT2D eigenvalue weighted by Gasteiger charge is 2.39. The van der Waals surface area contributed by atoms with E-state index in [4.69, 9.17) is 4.74 Å². The smallest absolute Gasteiger partial charge is 0.257 e. The van der Waals surface area contributed by atoms with Crippen LogP contribution in [0.1, 0.15) is 29.6 Å². The van der Waals surface area contributed by atoms with E-state index in [1.54, 1.807) is 0 Å². The van der Waals surface area contributed by atoms with Gasteiger partial charge < -0.3 is 14.7 Å². The molecule has 3 unspecified atom stereocenters. The van der Waals surface area contributed by atoms with Crippen molar-refractivity contribution in [1.82, 2.24) is 4.90 Å². The summed E-state index contributed by atoms with van der Waals surface area (Å²) in [6, 6.07) is 17.0. The van der Waals surface area contributed by atoms with Crippen molar-refractivity contribution in [2.45, 2.75) is 25.4 Å². The van der Waals surface area contributed by atoms with Gasteiger partial charge in [0.25, 0.3) is 5.91 Å². The van der Waals surface area contributed by atoms with Crippen molar-refractivity contribution in [3.05, 3.63) is 60.2 Å². The van der Waals surface area contributed by atoms with Gasteiger partial charge in [0, 0.05) is 13.1 Å². The largest absolute Gasteiger partial charge is 0.457 e. The average molecular weight is 337 g/mol. The Morgan fingerprint density at radius 2 is 1.68 bits per heavy atom. The summed E-state index contributed by atoms with van der Waals surface area (Å²) in [6.07, 6.45) is 2.48. The Balaban J connectivity index is 1.53. The first kappa shape index (κ1) is 16.2. The molecule has 130 valence electrons. The molecular formula is C21H23NO3. The second-order valence-corrected chi connectivity index (χ2v) is 7.11. The lowest BCUT2D eigenvalue weighted by Gasteiger charge is -2.27. The molecule has 1 aliphatic heterocycles. The number of ether oxygens (including phenoxy) is 1. The van der Waals surface area contributed by atoms with Gasteiger partial charge >= 0.3 is 0 Å². The minimum absolute atomic E-state index is 0.0235. The van der Waals surface area contributed by atoms with E-state index in [0.29, 0.717) is 23.1 Å². The lowest BCUT2D eigenvalue weighted by molar-refractivity contribution is 0.0773.